The van der Waals surface area contributed by atoms with Gasteiger partial charge in [0.1, 0.15) is 17.7 Å². The van der Waals surface area contributed by atoms with Crippen molar-refractivity contribution in [2.75, 3.05) is 5.32 Å². The highest BCUT2D eigenvalue weighted by molar-refractivity contribution is 5.97. The fraction of sp³-hybridized carbons (Fsp3) is 0.647. The zero-order chi connectivity index (χ0) is 18.7. The van der Waals surface area contributed by atoms with Crippen LogP contribution in [0.15, 0.2) is 6.20 Å². The molecule has 0 unspecified atom stereocenters. The zero-order valence-corrected chi connectivity index (χ0v) is 15.5. The molecule has 7 heteroatoms. The third-order valence-electron chi connectivity index (χ3n) is 3.23. The van der Waals surface area contributed by atoms with Crippen molar-refractivity contribution in [3.8, 4) is 6.07 Å². The van der Waals surface area contributed by atoms with Crippen LogP contribution in [0, 0.1) is 16.7 Å². The average molecular weight is 333 g/mol. The first-order valence-corrected chi connectivity index (χ1v) is 7.94. The second kappa shape index (κ2) is 7.04. The maximum Gasteiger partial charge on any atom is 0.247 e. The lowest BCUT2D eigenvalue weighted by atomic mass is 9.92. The fourth-order valence-corrected chi connectivity index (χ4v) is 1.96. The van der Waals surface area contributed by atoms with Crippen molar-refractivity contribution in [3.05, 3.63) is 11.8 Å². The molecular weight excluding hydrogens is 306 g/mol. The van der Waals surface area contributed by atoms with Gasteiger partial charge in [-0.05, 0) is 33.1 Å². The monoisotopic (exact) mass is 333 g/mol. The number of nitriles is 1. The molecule has 0 radical (unpaired) electrons. The minimum atomic E-state index is -0.717. The number of carbonyl (C=O) groups is 2. The van der Waals surface area contributed by atoms with E-state index in [4.69, 9.17) is 0 Å². The second-order valence-corrected chi connectivity index (χ2v) is 8.13. The van der Waals surface area contributed by atoms with E-state index in [2.05, 4.69) is 15.7 Å². The van der Waals surface area contributed by atoms with E-state index in [1.807, 2.05) is 47.6 Å². The van der Waals surface area contributed by atoms with Crippen LogP contribution in [0.4, 0.5) is 5.82 Å². The van der Waals surface area contributed by atoms with Crippen molar-refractivity contribution in [1.82, 2.24) is 15.1 Å². The summed E-state index contributed by atoms with van der Waals surface area (Å²) in [6.45, 7) is 13.3. The van der Waals surface area contributed by atoms with Gasteiger partial charge in [-0.15, -0.1) is 0 Å². The number of anilines is 1. The summed E-state index contributed by atoms with van der Waals surface area (Å²) in [4.78, 5) is 24.2. The number of aromatic nitrogens is 2. The van der Waals surface area contributed by atoms with Gasteiger partial charge in [0.05, 0.1) is 5.54 Å². The Morgan fingerprint density at radius 1 is 1.29 bits per heavy atom. The standard InChI is InChI=1S/C17H27N5O2/c1-11(19-13(23)8-16(2,3)4)15(24)20-14-12(9-18)10-22(21-14)17(5,6)7/h10-11H,8H2,1-7H3,(H,19,23)(H,20,21,24)/t11-/m1/s1. The van der Waals surface area contributed by atoms with Crippen LogP contribution in [0.5, 0.6) is 0 Å². The molecule has 0 spiro atoms. The van der Waals surface area contributed by atoms with Crippen molar-refractivity contribution in [2.45, 2.75) is 66.5 Å². The van der Waals surface area contributed by atoms with Gasteiger partial charge in [0.2, 0.25) is 11.8 Å². The molecule has 132 valence electrons. The highest BCUT2D eigenvalue weighted by Crippen LogP contribution is 2.20. The molecule has 0 aliphatic carbocycles. The molecule has 0 aliphatic heterocycles. The predicted molar refractivity (Wildman–Crippen MR) is 92.2 cm³/mol. The molecule has 24 heavy (non-hydrogen) atoms. The molecule has 1 atom stereocenters. The lowest BCUT2D eigenvalue weighted by Crippen LogP contribution is -2.42. The molecule has 0 aliphatic rings. The number of hydrogen-bond donors (Lipinski definition) is 2. The summed E-state index contributed by atoms with van der Waals surface area (Å²) in [5, 5.41) is 18.7. The Morgan fingerprint density at radius 3 is 2.33 bits per heavy atom. The smallest absolute Gasteiger partial charge is 0.247 e. The highest BCUT2D eigenvalue weighted by Gasteiger charge is 2.23. The molecule has 1 aromatic rings. The van der Waals surface area contributed by atoms with Gasteiger partial charge < -0.3 is 10.6 Å². The number of nitrogens with one attached hydrogen (secondary N) is 2. The van der Waals surface area contributed by atoms with E-state index in [0.717, 1.165) is 0 Å². The molecule has 2 N–H and O–H groups in total. The van der Waals surface area contributed by atoms with Crippen LogP contribution < -0.4 is 10.6 Å². The quantitative estimate of drug-likeness (QED) is 0.883. The van der Waals surface area contributed by atoms with Crippen LogP contribution in [0.2, 0.25) is 0 Å². The Bertz CT molecular complexity index is 656. The number of amides is 2. The summed E-state index contributed by atoms with van der Waals surface area (Å²) in [7, 11) is 0. The van der Waals surface area contributed by atoms with Crippen molar-refractivity contribution >= 4 is 17.6 Å². The third kappa shape index (κ3) is 5.69. The van der Waals surface area contributed by atoms with Crippen molar-refractivity contribution < 1.29 is 9.59 Å². The topological polar surface area (TPSA) is 99.8 Å². The van der Waals surface area contributed by atoms with Crippen molar-refractivity contribution in [1.29, 1.82) is 5.26 Å². The van der Waals surface area contributed by atoms with Gasteiger partial charge in [0.15, 0.2) is 5.82 Å². The number of carbonyl (C=O) groups excluding carboxylic acids is 2. The zero-order valence-electron chi connectivity index (χ0n) is 15.5. The largest absolute Gasteiger partial charge is 0.345 e. The molecule has 2 amide bonds. The number of rotatable bonds is 4. The molecule has 1 rings (SSSR count). The first kappa shape index (κ1) is 19.7. The van der Waals surface area contributed by atoms with Gasteiger partial charge in [-0.1, -0.05) is 20.8 Å². The molecule has 0 bridgehead atoms. The molecule has 0 fully saturated rings. The van der Waals surface area contributed by atoms with E-state index < -0.39 is 11.9 Å². The van der Waals surface area contributed by atoms with E-state index in [-0.39, 0.29) is 28.2 Å². The van der Waals surface area contributed by atoms with Gasteiger partial charge in [0.25, 0.3) is 0 Å². The van der Waals surface area contributed by atoms with E-state index in [1.54, 1.807) is 17.8 Å². The summed E-state index contributed by atoms with van der Waals surface area (Å²) in [6.07, 6.45) is 1.92. The minimum absolute atomic E-state index is 0.153. The van der Waals surface area contributed by atoms with E-state index in [0.29, 0.717) is 6.42 Å². The van der Waals surface area contributed by atoms with Gasteiger partial charge in [-0.3, -0.25) is 14.3 Å². The molecule has 1 heterocycles. The Morgan fingerprint density at radius 2 is 1.88 bits per heavy atom. The third-order valence-corrected chi connectivity index (χ3v) is 3.23. The number of hydrogen-bond acceptors (Lipinski definition) is 4. The molecule has 0 saturated heterocycles. The molecule has 0 aromatic carbocycles. The van der Waals surface area contributed by atoms with Gasteiger partial charge in [-0.25, -0.2) is 0 Å². The maximum absolute atomic E-state index is 12.3. The van der Waals surface area contributed by atoms with Crippen LogP contribution in [0.1, 0.15) is 60.5 Å². The van der Waals surface area contributed by atoms with Crippen LogP contribution in [-0.4, -0.2) is 27.6 Å². The van der Waals surface area contributed by atoms with Gasteiger partial charge >= 0.3 is 0 Å². The summed E-state index contributed by atoms with van der Waals surface area (Å²) < 4.78 is 1.63. The van der Waals surface area contributed by atoms with E-state index >= 15 is 0 Å². The Labute approximate surface area is 143 Å². The average Bonchev–Trinajstić information content (AvgIpc) is 2.79. The summed E-state index contributed by atoms with van der Waals surface area (Å²) in [6, 6.07) is 1.30. The molecule has 7 nitrogen and oxygen atoms in total. The van der Waals surface area contributed by atoms with Crippen LogP contribution >= 0.6 is 0 Å². The van der Waals surface area contributed by atoms with Crippen LogP contribution in [-0.2, 0) is 15.1 Å². The summed E-state index contributed by atoms with van der Waals surface area (Å²) in [5.41, 5.74) is -0.174. The Kier molecular flexibility index (Phi) is 5.77. The lowest BCUT2D eigenvalue weighted by molar-refractivity contribution is -0.127. The maximum atomic E-state index is 12.3. The van der Waals surface area contributed by atoms with Gasteiger partial charge in [-0.2, -0.15) is 10.4 Å². The molecule has 1 aromatic heterocycles. The van der Waals surface area contributed by atoms with Gasteiger partial charge in [0, 0.05) is 12.6 Å². The first-order valence-electron chi connectivity index (χ1n) is 7.94. The SMILES string of the molecule is C[C@@H](NC(=O)CC(C)(C)C)C(=O)Nc1nn(C(C)(C)C)cc1C#N. The molecule has 0 saturated carbocycles. The lowest BCUT2D eigenvalue weighted by Gasteiger charge is -2.20. The summed E-state index contributed by atoms with van der Waals surface area (Å²) in [5.74, 6) is -0.395. The normalized spacial score (nSPS) is 13.1. The van der Waals surface area contributed by atoms with Crippen molar-refractivity contribution in [3.63, 3.8) is 0 Å². The van der Waals surface area contributed by atoms with Crippen LogP contribution in [0.25, 0.3) is 0 Å². The minimum Gasteiger partial charge on any atom is -0.345 e. The first-order chi connectivity index (χ1) is 10.8. The Hall–Kier alpha value is -2.36. The Balaban J connectivity index is 2.79. The van der Waals surface area contributed by atoms with Crippen LogP contribution in [0.3, 0.4) is 0 Å². The fourth-order valence-electron chi connectivity index (χ4n) is 1.96. The summed E-state index contributed by atoms with van der Waals surface area (Å²) >= 11 is 0. The van der Waals surface area contributed by atoms with E-state index in [1.165, 1.54) is 0 Å². The predicted octanol–water partition coefficient (Wildman–Crippen LogP) is 2.39. The van der Waals surface area contributed by atoms with Crippen molar-refractivity contribution in [2.24, 2.45) is 5.41 Å². The molecular formula is C17H27N5O2. The number of nitrogens with zero attached hydrogens (tertiary/aromatic N) is 3. The van der Waals surface area contributed by atoms with E-state index in [9.17, 15) is 14.9 Å². The highest BCUT2D eigenvalue weighted by atomic mass is 16.2. The second-order valence-electron chi connectivity index (χ2n) is 8.13.